The minimum atomic E-state index is -0.299. The quantitative estimate of drug-likeness (QED) is 0.444. The monoisotopic (exact) mass is 571 g/mol. The molecule has 1 amide bonds. The van der Waals surface area contributed by atoms with E-state index in [1.54, 1.807) is 32.3 Å². The molecule has 10 heteroatoms. The summed E-state index contributed by atoms with van der Waals surface area (Å²) in [7, 11) is 6.27. The number of piperazine rings is 1. The van der Waals surface area contributed by atoms with Gasteiger partial charge in [-0.2, -0.15) is 0 Å². The van der Waals surface area contributed by atoms with Crippen molar-refractivity contribution in [1.29, 1.82) is 0 Å². The molecule has 0 saturated carbocycles. The zero-order chi connectivity index (χ0) is 28.5. The van der Waals surface area contributed by atoms with E-state index in [0.717, 1.165) is 31.9 Å². The Balaban J connectivity index is 0.00000205. The summed E-state index contributed by atoms with van der Waals surface area (Å²) in [6, 6.07) is 9.46. The summed E-state index contributed by atoms with van der Waals surface area (Å²) in [6.45, 7) is 7.83. The summed E-state index contributed by atoms with van der Waals surface area (Å²) in [5.41, 5.74) is 4.18. The largest absolute Gasteiger partial charge is 0.495 e. The van der Waals surface area contributed by atoms with Crippen LogP contribution in [0.5, 0.6) is 11.5 Å². The minimum Gasteiger partial charge on any atom is -0.495 e. The number of carbonyl (C=O) groups is 1. The van der Waals surface area contributed by atoms with Crippen molar-refractivity contribution >= 4 is 57.5 Å². The van der Waals surface area contributed by atoms with Gasteiger partial charge in [0.05, 0.1) is 41.3 Å². The number of amides is 1. The molecule has 4 rings (SSSR count). The maximum Gasteiger partial charge on any atom is 0.257 e. The highest BCUT2D eigenvalue weighted by molar-refractivity contribution is 6.67. The number of aliphatic imine (C=N–C) groups is 2. The summed E-state index contributed by atoms with van der Waals surface area (Å²) in [6.07, 6.45) is 3.45. The van der Waals surface area contributed by atoms with Gasteiger partial charge in [-0.1, -0.05) is 43.1 Å². The van der Waals surface area contributed by atoms with Gasteiger partial charge in [0.15, 0.2) is 0 Å². The van der Waals surface area contributed by atoms with Crippen LogP contribution in [0.2, 0.25) is 10.0 Å². The van der Waals surface area contributed by atoms with Crippen LogP contribution in [0.3, 0.4) is 0 Å². The fraction of sp³-hybridized carbons (Fsp3) is 0.345. The predicted octanol–water partition coefficient (Wildman–Crippen LogP) is 5.55. The summed E-state index contributed by atoms with van der Waals surface area (Å²) < 4.78 is 10.8. The molecule has 0 spiro atoms. The molecule has 1 heterocycles. The molecule has 2 aliphatic rings. The van der Waals surface area contributed by atoms with Gasteiger partial charge in [-0.3, -0.25) is 14.8 Å². The van der Waals surface area contributed by atoms with Crippen molar-refractivity contribution in [2.24, 2.45) is 9.98 Å². The average Bonchev–Trinajstić information content (AvgIpc) is 2.98. The fourth-order valence-corrected chi connectivity index (χ4v) is 5.12. The van der Waals surface area contributed by atoms with E-state index in [1.807, 2.05) is 38.1 Å². The Hall–Kier alpha value is -3.33. The number of allylic oxidation sites excluding steroid dienone is 3. The molecule has 0 atom stereocenters. The molecule has 2 aromatic rings. The molecule has 2 N–H and O–H groups in total. The Morgan fingerprint density at radius 2 is 1.49 bits per heavy atom. The third-order valence-corrected chi connectivity index (χ3v) is 7.04. The van der Waals surface area contributed by atoms with Crippen LogP contribution in [0, 0.1) is 0 Å². The van der Waals surface area contributed by atoms with Crippen molar-refractivity contribution in [2.45, 2.75) is 13.8 Å². The maximum absolute atomic E-state index is 13.3. The van der Waals surface area contributed by atoms with Crippen molar-refractivity contribution in [1.82, 2.24) is 5.32 Å². The minimum absolute atomic E-state index is 0.299. The Morgan fingerprint density at radius 3 is 2.00 bits per heavy atom. The predicted molar refractivity (Wildman–Crippen MR) is 164 cm³/mol. The van der Waals surface area contributed by atoms with Crippen LogP contribution in [0.4, 0.5) is 11.4 Å². The van der Waals surface area contributed by atoms with Crippen LogP contribution < -0.4 is 25.0 Å². The molecule has 208 valence electrons. The Kier molecular flexibility index (Phi) is 11.0. The number of anilines is 2. The third kappa shape index (κ3) is 6.46. The molecule has 1 aliphatic heterocycles. The van der Waals surface area contributed by atoms with Gasteiger partial charge in [0.25, 0.3) is 5.91 Å². The number of hydrogen-bond donors (Lipinski definition) is 2. The van der Waals surface area contributed by atoms with E-state index in [1.165, 1.54) is 14.2 Å². The van der Waals surface area contributed by atoms with E-state index in [9.17, 15) is 4.79 Å². The van der Waals surface area contributed by atoms with Crippen molar-refractivity contribution in [3.8, 4) is 11.5 Å². The van der Waals surface area contributed by atoms with E-state index < -0.39 is 0 Å². The maximum atomic E-state index is 13.3. The molecule has 0 radical (unpaired) electrons. The van der Waals surface area contributed by atoms with Crippen LogP contribution in [0.15, 0.2) is 58.0 Å². The standard InChI is InChI=1S/C27H29Cl2N5O3.C2H6/c1-30-25-18(22-23(28)20(36-3)15-21(37-4)24(22)29)9-10-19(26(25)31-2)27(35)33-16-5-7-17(8-6-16)34-13-11-32-12-14-34;1-2/h5-10,15,32H,11-14H2,1-4H3,(H,33,35);1-2H3. The number of hydrogen-bond acceptors (Lipinski definition) is 7. The highest BCUT2D eigenvalue weighted by Gasteiger charge is 2.30. The zero-order valence-corrected chi connectivity index (χ0v) is 24.7. The van der Waals surface area contributed by atoms with Crippen LogP contribution in [0.1, 0.15) is 19.4 Å². The first-order chi connectivity index (χ1) is 18.9. The number of nitrogens with one attached hydrogen (secondary N) is 2. The number of methoxy groups -OCH3 is 2. The second kappa shape index (κ2) is 14.2. The third-order valence-electron chi connectivity index (χ3n) is 6.29. The van der Waals surface area contributed by atoms with E-state index >= 15 is 0 Å². The van der Waals surface area contributed by atoms with Crippen molar-refractivity contribution < 1.29 is 14.3 Å². The highest BCUT2D eigenvalue weighted by Crippen LogP contribution is 2.45. The first kappa shape index (κ1) is 30.2. The summed E-state index contributed by atoms with van der Waals surface area (Å²) >= 11 is 13.3. The molecule has 0 aromatic heterocycles. The van der Waals surface area contributed by atoms with Gasteiger partial charge in [0.2, 0.25) is 0 Å². The van der Waals surface area contributed by atoms with Gasteiger partial charge in [0.1, 0.15) is 11.5 Å². The number of ether oxygens (including phenoxy) is 2. The molecule has 1 saturated heterocycles. The molecular formula is C29H35Cl2N5O3. The normalized spacial score (nSPS) is 17.2. The lowest BCUT2D eigenvalue weighted by Gasteiger charge is -2.29. The van der Waals surface area contributed by atoms with Crippen LogP contribution in [0.25, 0.3) is 5.57 Å². The number of nitrogens with zero attached hydrogens (tertiary/aromatic N) is 3. The van der Waals surface area contributed by atoms with Crippen molar-refractivity contribution in [2.75, 3.05) is 64.7 Å². The van der Waals surface area contributed by atoms with Gasteiger partial charge in [-0.15, -0.1) is 0 Å². The van der Waals surface area contributed by atoms with E-state index in [0.29, 0.717) is 55.4 Å². The Bertz CT molecular complexity index is 1280. The van der Waals surface area contributed by atoms with Crippen molar-refractivity contribution in [3.63, 3.8) is 0 Å². The van der Waals surface area contributed by atoms with Crippen molar-refractivity contribution in [3.05, 3.63) is 63.7 Å². The molecular weight excluding hydrogens is 537 g/mol. The van der Waals surface area contributed by atoms with Crippen LogP contribution >= 0.6 is 23.2 Å². The van der Waals surface area contributed by atoms with Gasteiger partial charge >= 0.3 is 0 Å². The first-order valence-corrected chi connectivity index (χ1v) is 13.5. The van der Waals surface area contributed by atoms with Crippen LogP contribution in [-0.4, -0.2) is 71.8 Å². The van der Waals surface area contributed by atoms with Gasteiger partial charge in [-0.05, 0) is 30.3 Å². The summed E-state index contributed by atoms with van der Waals surface area (Å²) in [4.78, 5) is 24.5. The van der Waals surface area contributed by atoms with E-state index in [4.69, 9.17) is 32.7 Å². The Labute approximate surface area is 240 Å². The molecule has 1 aliphatic carbocycles. The SMILES string of the molecule is CC.CN=C1C(C(=O)Nc2ccc(N3CCNCC3)cc2)=CC=C(c2c(Cl)c(OC)cc(OC)c2Cl)C1=NC. The molecule has 39 heavy (non-hydrogen) atoms. The van der Waals surface area contributed by atoms with Gasteiger partial charge in [-0.25, -0.2) is 0 Å². The lowest BCUT2D eigenvalue weighted by molar-refractivity contribution is -0.112. The topological polar surface area (TPSA) is 87.6 Å². The molecule has 1 fully saturated rings. The van der Waals surface area contributed by atoms with E-state index in [2.05, 4.69) is 25.5 Å². The summed E-state index contributed by atoms with van der Waals surface area (Å²) in [5.74, 6) is 0.509. The second-order valence-electron chi connectivity index (χ2n) is 8.33. The first-order valence-electron chi connectivity index (χ1n) is 12.8. The second-order valence-corrected chi connectivity index (χ2v) is 9.08. The Morgan fingerprint density at radius 1 is 0.923 bits per heavy atom. The van der Waals surface area contributed by atoms with E-state index in [-0.39, 0.29) is 5.91 Å². The fourth-order valence-electron chi connectivity index (χ4n) is 4.42. The summed E-state index contributed by atoms with van der Waals surface area (Å²) in [5, 5.41) is 6.93. The zero-order valence-electron chi connectivity index (χ0n) is 23.2. The highest BCUT2D eigenvalue weighted by atomic mass is 35.5. The lowest BCUT2D eigenvalue weighted by atomic mass is 9.88. The average molecular weight is 573 g/mol. The van der Waals surface area contributed by atoms with Gasteiger partial charge in [0, 0.05) is 68.9 Å². The molecule has 0 unspecified atom stereocenters. The molecule has 2 aromatic carbocycles. The van der Waals surface area contributed by atoms with Gasteiger partial charge < -0.3 is 25.0 Å². The smallest absolute Gasteiger partial charge is 0.257 e. The lowest BCUT2D eigenvalue weighted by Crippen LogP contribution is -2.43. The number of carbonyl (C=O) groups excluding carboxylic acids is 1. The number of benzene rings is 2. The molecule has 0 bridgehead atoms. The molecule has 8 nitrogen and oxygen atoms in total. The number of halogens is 2. The number of rotatable bonds is 6. The van der Waals surface area contributed by atoms with Crippen LogP contribution in [-0.2, 0) is 4.79 Å².